The number of ether oxygens (including phenoxy) is 1. The van der Waals surface area contributed by atoms with Crippen molar-refractivity contribution in [3.05, 3.63) is 98.0 Å². The molecule has 0 unspecified atom stereocenters. The van der Waals surface area contributed by atoms with E-state index in [1.807, 2.05) is 6.07 Å². The number of hydrogen-bond donors (Lipinski definition) is 1. The molecule has 3 aromatic carbocycles. The molecule has 0 aliphatic rings. The number of benzene rings is 3. The maximum absolute atomic E-state index is 13.7. The molecule has 4 aromatic rings. The largest absolute Gasteiger partial charge is 0.488 e. The van der Waals surface area contributed by atoms with Gasteiger partial charge >= 0.3 is 5.91 Å². The third kappa shape index (κ3) is 5.23. The third-order valence-electron chi connectivity index (χ3n) is 4.38. The van der Waals surface area contributed by atoms with Crippen LogP contribution in [0, 0.1) is 9.39 Å². The fraction of sp³-hybridized carbons (Fsp3) is 0.0435. The van der Waals surface area contributed by atoms with Crippen LogP contribution in [0.3, 0.4) is 0 Å². The second-order valence-corrected chi connectivity index (χ2v) is 8.16. The van der Waals surface area contributed by atoms with Gasteiger partial charge in [0.15, 0.2) is 5.76 Å². The molecule has 0 aliphatic heterocycles. The minimum absolute atomic E-state index is 0.134. The lowest BCUT2D eigenvalue weighted by molar-refractivity contribution is 0.0929. The van der Waals surface area contributed by atoms with E-state index in [4.69, 9.17) is 20.8 Å². The smallest absolute Gasteiger partial charge is 0.307 e. The Morgan fingerprint density at radius 3 is 2.81 bits per heavy atom. The predicted molar refractivity (Wildman–Crippen MR) is 126 cm³/mol. The maximum atomic E-state index is 13.7. The van der Waals surface area contributed by atoms with Crippen molar-refractivity contribution in [1.29, 1.82) is 0 Å². The summed E-state index contributed by atoms with van der Waals surface area (Å²) in [6.07, 6.45) is 1.51. The molecule has 5 nitrogen and oxygen atoms in total. The van der Waals surface area contributed by atoms with Gasteiger partial charge in [-0.15, -0.1) is 0 Å². The average molecular weight is 549 g/mol. The molecular formula is C23H15ClFIN2O3. The number of fused-ring (bicyclic) bond motifs is 1. The third-order valence-corrected chi connectivity index (χ3v) is 5.46. The highest BCUT2D eigenvalue weighted by Crippen LogP contribution is 2.24. The number of furan rings is 1. The number of hydrazone groups is 1. The molecule has 0 saturated heterocycles. The summed E-state index contributed by atoms with van der Waals surface area (Å²) >= 11 is 8.08. The van der Waals surface area contributed by atoms with Crippen molar-refractivity contribution >= 4 is 57.3 Å². The zero-order valence-corrected chi connectivity index (χ0v) is 18.9. The predicted octanol–water partition coefficient (Wildman–Crippen LogP) is 6.17. The standard InChI is InChI=1S/C23H15ClFIN2O3/c24-17-6-8-20-16(10-17)11-22(31-20)23(29)28-27-12-14-5-7-21(19(26)9-14)30-13-15-3-1-2-4-18(15)25/h1-12H,13H2,(H,28,29)/b27-12+. The quantitative estimate of drug-likeness (QED) is 0.178. The zero-order valence-electron chi connectivity index (χ0n) is 15.9. The van der Waals surface area contributed by atoms with Gasteiger partial charge in [0.2, 0.25) is 0 Å². The summed E-state index contributed by atoms with van der Waals surface area (Å²) in [4.78, 5) is 12.3. The van der Waals surface area contributed by atoms with E-state index in [1.54, 1.807) is 54.6 Å². The van der Waals surface area contributed by atoms with Gasteiger partial charge in [-0.3, -0.25) is 4.79 Å². The zero-order chi connectivity index (χ0) is 21.8. The molecular weight excluding hydrogens is 534 g/mol. The van der Waals surface area contributed by atoms with E-state index in [1.165, 1.54) is 12.3 Å². The van der Waals surface area contributed by atoms with Crippen LogP contribution in [0.25, 0.3) is 11.0 Å². The van der Waals surface area contributed by atoms with E-state index in [0.29, 0.717) is 21.9 Å². The number of amides is 1. The van der Waals surface area contributed by atoms with Crippen molar-refractivity contribution in [2.75, 3.05) is 0 Å². The lowest BCUT2D eigenvalue weighted by atomic mass is 10.2. The Bertz CT molecular complexity index is 1290. The van der Waals surface area contributed by atoms with Crippen molar-refractivity contribution in [2.24, 2.45) is 5.10 Å². The Labute approximate surface area is 196 Å². The molecule has 0 aliphatic carbocycles. The first-order valence-corrected chi connectivity index (χ1v) is 10.6. The van der Waals surface area contributed by atoms with E-state index in [0.717, 1.165) is 14.5 Å². The minimum atomic E-state index is -0.469. The normalized spacial score (nSPS) is 11.2. The van der Waals surface area contributed by atoms with Gasteiger partial charge in [-0.05, 0) is 76.7 Å². The molecule has 8 heteroatoms. The number of rotatable bonds is 6. The number of nitrogens with zero attached hydrogens (tertiary/aromatic N) is 1. The average Bonchev–Trinajstić information content (AvgIpc) is 3.17. The number of halogens is 3. The van der Waals surface area contributed by atoms with E-state index < -0.39 is 5.91 Å². The maximum Gasteiger partial charge on any atom is 0.307 e. The second-order valence-electron chi connectivity index (χ2n) is 6.56. The van der Waals surface area contributed by atoms with Crippen molar-refractivity contribution in [2.45, 2.75) is 6.61 Å². The molecule has 1 amide bonds. The molecule has 0 fully saturated rings. The molecule has 4 rings (SSSR count). The van der Waals surface area contributed by atoms with Crippen LogP contribution in [0.5, 0.6) is 5.75 Å². The minimum Gasteiger partial charge on any atom is -0.488 e. The van der Waals surface area contributed by atoms with E-state index in [-0.39, 0.29) is 18.2 Å². The summed E-state index contributed by atoms with van der Waals surface area (Å²) in [5.41, 5.74) is 4.26. The summed E-state index contributed by atoms with van der Waals surface area (Å²) in [6, 6.07) is 18.6. The second kappa shape index (κ2) is 9.49. The Kier molecular flexibility index (Phi) is 6.53. The van der Waals surface area contributed by atoms with Crippen LogP contribution < -0.4 is 10.2 Å². The Morgan fingerprint density at radius 2 is 2.00 bits per heavy atom. The van der Waals surface area contributed by atoms with Crippen LogP contribution in [-0.2, 0) is 6.61 Å². The van der Waals surface area contributed by atoms with Crippen LogP contribution in [0.4, 0.5) is 4.39 Å². The van der Waals surface area contributed by atoms with Crippen molar-refractivity contribution in [3.63, 3.8) is 0 Å². The highest BCUT2D eigenvalue weighted by atomic mass is 127. The SMILES string of the molecule is O=C(N/N=C/c1ccc(OCc2ccccc2F)c(I)c1)c1cc2cc(Cl)ccc2o1. The lowest BCUT2D eigenvalue weighted by Crippen LogP contribution is -2.16. The number of nitrogens with one attached hydrogen (secondary N) is 1. The van der Waals surface area contributed by atoms with Gasteiger partial charge in [-0.25, -0.2) is 9.82 Å². The molecule has 0 spiro atoms. The monoisotopic (exact) mass is 548 g/mol. The van der Waals surface area contributed by atoms with Gasteiger partial charge in [-0.1, -0.05) is 29.8 Å². The first kappa shape index (κ1) is 21.3. The molecule has 31 heavy (non-hydrogen) atoms. The molecule has 0 atom stereocenters. The van der Waals surface area contributed by atoms with Crippen LogP contribution >= 0.6 is 34.2 Å². The highest BCUT2D eigenvalue weighted by molar-refractivity contribution is 14.1. The van der Waals surface area contributed by atoms with E-state index in [2.05, 4.69) is 33.1 Å². The summed E-state index contributed by atoms with van der Waals surface area (Å²) < 4.78 is 25.8. The molecule has 1 heterocycles. The van der Waals surface area contributed by atoms with Crippen LogP contribution in [0.15, 0.2) is 76.2 Å². The van der Waals surface area contributed by atoms with Gasteiger partial charge in [-0.2, -0.15) is 5.10 Å². The first-order chi connectivity index (χ1) is 15.0. The van der Waals surface area contributed by atoms with Crippen molar-refractivity contribution in [1.82, 2.24) is 5.43 Å². The Morgan fingerprint density at radius 1 is 1.16 bits per heavy atom. The summed E-state index contributed by atoms with van der Waals surface area (Å²) in [6.45, 7) is 0.134. The van der Waals surface area contributed by atoms with Gasteiger partial charge in [0.05, 0.1) is 9.78 Å². The Balaban J connectivity index is 1.37. The van der Waals surface area contributed by atoms with Gasteiger partial charge in [0.1, 0.15) is 23.8 Å². The summed E-state index contributed by atoms with van der Waals surface area (Å²) in [5, 5.41) is 5.28. The fourth-order valence-corrected chi connectivity index (χ4v) is 3.71. The van der Waals surface area contributed by atoms with Crippen LogP contribution in [0.2, 0.25) is 5.02 Å². The topological polar surface area (TPSA) is 63.8 Å². The number of carbonyl (C=O) groups excluding carboxylic acids is 1. The molecule has 156 valence electrons. The molecule has 0 saturated carbocycles. The van der Waals surface area contributed by atoms with Gasteiger partial charge in [0.25, 0.3) is 0 Å². The van der Waals surface area contributed by atoms with Crippen LogP contribution in [-0.4, -0.2) is 12.1 Å². The van der Waals surface area contributed by atoms with Gasteiger partial charge < -0.3 is 9.15 Å². The highest BCUT2D eigenvalue weighted by Gasteiger charge is 2.12. The molecule has 1 N–H and O–H groups in total. The summed E-state index contributed by atoms with van der Waals surface area (Å²) in [7, 11) is 0. The van der Waals surface area contributed by atoms with Crippen molar-refractivity contribution < 1.29 is 18.3 Å². The fourth-order valence-electron chi connectivity index (χ4n) is 2.83. The molecule has 0 radical (unpaired) electrons. The van der Waals surface area contributed by atoms with Gasteiger partial charge in [0, 0.05) is 16.0 Å². The van der Waals surface area contributed by atoms with E-state index in [9.17, 15) is 9.18 Å². The first-order valence-electron chi connectivity index (χ1n) is 9.18. The van der Waals surface area contributed by atoms with E-state index >= 15 is 0 Å². The number of hydrogen-bond acceptors (Lipinski definition) is 4. The Hall–Kier alpha value is -2.91. The lowest BCUT2D eigenvalue weighted by Gasteiger charge is -2.09. The molecule has 0 bridgehead atoms. The van der Waals surface area contributed by atoms with Crippen molar-refractivity contribution in [3.8, 4) is 5.75 Å². The summed E-state index contributed by atoms with van der Waals surface area (Å²) in [5.74, 6) is -0.000436. The van der Waals surface area contributed by atoms with Crippen LogP contribution in [0.1, 0.15) is 21.7 Å². The molecule has 1 aromatic heterocycles. The number of carbonyl (C=O) groups is 1.